The van der Waals surface area contributed by atoms with Gasteiger partial charge in [-0.15, -0.1) is 0 Å². The molecule has 0 saturated carbocycles. The standard InChI is InChI=1S/C23H26N2O4/c1-4-28-19-7-9-20(10-8-19)29-23-13-17(11-12-25-23)15-24-16-18-5-6-21(26-2)14-22(18)27-3/h5-14,24H,4,15-16H2,1-3H3. The molecular formula is C23H26N2O4. The van der Waals surface area contributed by atoms with Crippen molar-refractivity contribution < 1.29 is 18.9 Å². The lowest BCUT2D eigenvalue weighted by molar-refractivity contribution is 0.339. The molecule has 3 aromatic rings. The van der Waals surface area contributed by atoms with Gasteiger partial charge < -0.3 is 24.3 Å². The highest BCUT2D eigenvalue weighted by Crippen LogP contribution is 2.25. The van der Waals surface area contributed by atoms with Gasteiger partial charge >= 0.3 is 0 Å². The highest BCUT2D eigenvalue weighted by Gasteiger charge is 2.06. The van der Waals surface area contributed by atoms with E-state index in [-0.39, 0.29) is 0 Å². The van der Waals surface area contributed by atoms with Gasteiger partial charge in [-0.3, -0.25) is 0 Å². The Hall–Kier alpha value is -3.25. The SMILES string of the molecule is CCOc1ccc(Oc2cc(CNCc3ccc(OC)cc3OC)ccn2)cc1. The first-order valence-corrected chi connectivity index (χ1v) is 9.49. The predicted molar refractivity (Wildman–Crippen MR) is 112 cm³/mol. The van der Waals surface area contributed by atoms with Gasteiger partial charge in [-0.05, 0) is 48.9 Å². The Morgan fingerprint density at radius 3 is 2.31 bits per heavy atom. The lowest BCUT2D eigenvalue weighted by Crippen LogP contribution is -2.13. The van der Waals surface area contributed by atoms with Crippen molar-refractivity contribution in [1.29, 1.82) is 0 Å². The summed E-state index contributed by atoms with van der Waals surface area (Å²) in [6.45, 7) is 3.94. The van der Waals surface area contributed by atoms with Crippen molar-refractivity contribution in [3.8, 4) is 28.9 Å². The summed E-state index contributed by atoms with van der Waals surface area (Å²) in [5.41, 5.74) is 2.14. The Morgan fingerprint density at radius 1 is 0.828 bits per heavy atom. The van der Waals surface area contributed by atoms with Crippen LogP contribution >= 0.6 is 0 Å². The molecule has 0 fully saturated rings. The Kier molecular flexibility index (Phi) is 7.30. The number of pyridine rings is 1. The minimum absolute atomic E-state index is 0.551. The first-order valence-electron chi connectivity index (χ1n) is 9.49. The molecule has 3 rings (SSSR count). The fourth-order valence-corrected chi connectivity index (χ4v) is 2.85. The number of nitrogens with one attached hydrogen (secondary N) is 1. The number of hydrogen-bond donors (Lipinski definition) is 1. The second-order valence-corrected chi connectivity index (χ2v) is 6.29. The average Bonchev–Trinajstić information content (AvgIpc) is 2.76. The lowest BCUT2D eigenvalue weighted by atomic mass is 10.2. The van der Waals surface area contributed by atoms with Crippen molar-refractivity contribution in [2.45, 2.75) is 20.0 Å². The van der Waals surface area contributed by atoms with E-state index in [0.29, 0.717) is 31.3 Å². The third-order valence-electron chi connectivity index (χ3n) is 4.30. The summed E-state index contributed by atoms with van der Waals surface area (Å²) in [4.78, 5) is 4.29. The van der Waals surface area contributed by atoms with Crippen molar-refractivity contribution in [3.05, 3.63) is 71.9 Å². The molecule has 0 amide bonds. The van der Waals surface area contributed by atoms with Crippen molar-refractivity contribution in [2.75, 3.05) is 20.8 Å². The van der Waals surface area contributed by atoms with Crippen LogP contribution < -0.4 is 24.3 Å². The normalized spacial score (nSPS) is 10.4. The number of aromatic nitrogens is 1. The molecule has 2 aromatic carbocycles. The van der Waals surface area contributed by atoms with Gasteiger partial charge in [0, 0.05) is 37.0 Å². The average molecular weight is 394 g/mol. The number of rotatable bonds is 10. The minimum Gasteiger partial charge on any atom is -0.497 e. The molecule has 152 valence electrons. The summed E-state index contributed by atoms with van der Waals surface area (Å²) in [5.74, 6) is 3.66. The third-order valence-corrected chi connectivity index (χ3v) is 4.30. The fraction of sp³-hybridized carbons (Fsp3) is 0.261. The lowest BCUT2D eigenvalue weighted by Gasteiger charge is -2.12. The van der Waals surface area contributed by atoms with Crippen LogP contribution in [0.15, 0.2) is 60.8 Å². The molecule has 29 heavy (non-hydrogen) atoms. The number of hydrogen-bond acceptors (Lipinski definition) is 6. The van der Waals surface area contributed by atoms with Crippen molar-refractivity contribution in [2.24, 2.45) is 0 Å². The van der Waals surface area contributed by atoms with E-state index in [1.54, 1.807) is 20.4 Å². The van der Waals surface area contributed by atoms with Crippen LogP contribution in [0.25, 0.3) is 0 Å². The Bertz CT molecular complexity index is 913. The Balaban J connectivity index is 1.57. The zero-order valence-electron chi connectivity index (χ0n) is 17.0. The maximum atomic E-state index is 5.85. The summed E-state index contributed by atoms with van der Waals surface area (Å²) >= 11 is 0. The van der Waals surface area contributed by atoms with E-state index in [0.717, 1.165) is 28.4 Å². The molecular weight excluding hydrogens is 368 g/mol. The van der Waals surface area contributed by atoms with E-state index in [2.05, 4.69) is 10.3 Å². The molecule has 1 aromatic heterocycles. The van der Waals surface area contributed by atoms with Crippen LogP contribution in [-0.2, 0) is 13.1 Å². The summed E-state index contributed by atoms with van der Waals surface area (Å²) in [5, 5.41) is 3.42. The first-order chi connectivity index (χ1) is 14.2. The van der Waals surface area contributed by atoms with E-state index in [4.69, 9.17) is 18.9 Å². The van der Waals surface area contributed by atoms with Crippen LogP contribution in [0, 0.1) is 0 Å². The molecule has 0 saturated heterocycles. The number of ether oxygens (including phenoxy) is 4. The van der Waals surface area contributed by atoms with Gasteiger partial charge in [-0.1, -0.05) is 6.07 Å². The monoisotopic (exact) mass is 394 g/mol. The molecule has 0 aliphatic heterocycles. The van der Waals surface area contributed by atoms with Crippen molar-refractivity contribution in [3.63, 3.8) is 0 Å². The quantitative estimate of drug-likeness (QED) is 0.543. The zero-order chi connectivity index (χ0) is 20.5. The summed E-state index contributed by atoms with van der Waals surface area (Å²) in [6.07, 6.45) is 1.74. The fourth-order valence-electron chi connectivity index (χ4n) is 2.85. The molecule has 0 unspecified atom stereocenters. The molecule has 0 aliphatic carbocycles. The van der Waals surface area contributed by atoms with E-state index in [1.165, 1.54) is 0 Å². The molecule has 0 radical (unpaired) electrons. The van der Waals surface area contributed by atoms with E-state index in [9.17, 15) is 0 Å². The van der Waals surface area contributed by atoms with Gasteiger partial charge in [-0.2, -0.15) is 0 Å². The highest BCUT2D eigenvalue weighted by atomic mass is 16.5. The molecule has 0 atom stereocenters. The van der Waals surface area contributed by atoms with Gasteiger partial charge in [0.25, 0.3) is 0 Å². The van der Waals surface area contributed by atoms with Crippen molar-refractivity contribution >= 4 is 0 Å². The van der Waals surface area contributed by atoms with E-state index in [1.807, 2.05) is 61.5 Å². The molecule has 0 bridgehead atoms. The highest BCUT2D eigenvalue weighted by molar-refractivity contribution is 5.40. The van der Waals surface area contributed by atoms with Crippen LogP contribution in [0.2, 0.25) is 0 Å². The largest absolute Gasteiger partial charge is 0.497 e. The molecule has 6 heteroatoms. The van der Waals surface area contributed by atoms with Crippen LogP contribution in [0.1, 0.15) is 18.1 Å². The zero-order valence-corrected chi connectivity index (χ0v) is 17.0. The summed E-state index contributed by atoms with van der Waals surface area (Å²) in [6, 6.07) is 17.2. The topological polar surface area (TPSA) is 61.8 Å². The Morgan fingerprint density at radius 2 is 1.59 bits per heavy atom. The minimum atomic E-state index is 0.551. The second-order valence-electron chi connectivity index (χ2n) is 6.29. The van der Waals surface area contributed by atoms with Gasteiger partial charge in [0.2, 0.25) is 5.88 Å². The number of nitrogens with zero attached hydrogens (tertiary/aromatic N) is 1. The van der Waals surface area contributed by atoms with Crippen LogP contribution in [-0.4, -0.2) is 25.8 Å². The maximum absolute atomic E-state index is 5.85. The van der Waals surface area contributed by atoms with E-state index >= 15 is 0 Å². The molecule has 1 N–H and O–H groups in total. The molecule has 0 aliphatic rings. The summed E-state index contributed by atoms with van der Waals surface area (Å²) < 4.78 is 22.0. The van der Waals surface area contributed by atoms with Gasteiger partial charge in [0.1, 0.15) is 23.0 Å². The molecule has 1 heterocycles. The number of benzene rings is 2. The van der Waals surface area contributed by atoms with Gasteiger partial charge in [0.15, 0.2) is 0 Å². The number of methoxy groups -OCH3 is 2. The van der Waals surface area contributed by atoms with Gasteiger partial charge in [-0.25, -0.2) is 4.98 Å². The maximum Gasteiger partial charge on any atom is 0.219 e. The summed E-state index contributed by atoms with van der Waals surface area (Å²) in [7, 11) is 3.30. The predicted octanol–water partition coefficient (Wildman–Crippen LogP) is 4.58. The van der Waals surface area contributed by atoms with Crippen LogP contribution in [0.5, 0.6) is 28.9 Å². The van der Waals surface area contributed by atoms with Crippen LogP contribution in [0.3, 0.4) is 0 Å². The first kappa shape index (κ1) is 20.5. The molecule has 0 spiro atoms. The van der Waals surface area contributed by atoms with Gasteiger partial charge in [0.05, 0.1) is 20.8 Å². The third kappa shape index (κ3) is 5.86. The second kappa shape index (κ2) is 10.3. The molecule has 6 nitrogen and oxygen atoms in total. The Labute approximate surface area is 171 Å². The van der Waals surface area contributed by atoms with Crippen LogP contribution in [0.4, 0.5) is 0 Å². The van der Waals surface area contributed by atoms with E-state index < -0.39 is 0 Å². The van der Waals surface area contributed by atoms with Crippen molar-refractivity contribution in [1.82, 2.24) is 10.3 Å². The smallest absolute Gasteiger partial charge is 0.219 e.